The quantitative estimate of drug-likeness (QED) is 0.389. The van der Waals surface area contributed by atoms with Gasteiger partial charge in [0.05, 0.1) is 0 Å². The van der Waals surface area contributed by atoms with E-state index >= 15 is 0 Å². The van der Waals surface area contributed by atoms with E-state index in [1.54, 1.807) is 0 Å². The van der Waals surface area contributed by atoms with Crippen molar-refractivity contribution < 1.29 is 9.47 Å². The summed E-state index contributed by atoms with van der Waals surface area (Å²) < 4.78 is 11.0. The molecule has 0 amide bonds. The van der Waals surface area contributed by atoms with Crippen LogP contribution in [0, 0.1) is 0 Å². The van der Waals surface area contributed by atoms with Crippen LogP contribution in [0.15, 0.2) is 0 Å². The number of rotatable bonds is 12. The molecule has 0 heterocycles. The summed E-state index contributed by atoms with van der Waals surface area (Å²) in [5.41, 5.74) is 0. The average Bonchev–Trinajstić information content (AvgIpc) is 2.34. The van der Waals surface area contributed by atoms with Crippen LogP contribution in [0.4, 0.5) is 0 Å². The van der Waals surface area contributed by atoms with Crippen molar-refractivity contribution in [1.82, 2.24) is 4.90 Å². The molecule has 3 nitrogen and oxygen atoms in total. The maximum absolute atomic E-state index is 5.52. The van der Waals surface area contributed by atoms with Crippen molar-refractivity contribution in [1.29, 1.82) is 0 Å². The minimum absolute atomic E-state index is 0.0125. The van der Waals surface area contributed by atoms with Crippen molar-refractivity contribution >= 4 is 0 Å². The molecule has 0 aliphatic heterocycles. The summed E-state index contributed by atoms with van der Waals surface area (Å²) in [5.74, 6) is 0. The molecule has 0 aromatic rings. The minimum atomic E-state index is 0.0125. The lowest BCUT2D eigenvalue weighted by Crippen LogP contribution is -2.24. The van der Waals surface area contributed by atoms with Crippen LogP contribution < -0.4 is 0 Å². The fourth-order valence-electron chi connectivity index (χ4n) is 1.95. The van der Waals surface area contributed by atoms with Gasteiger partial charge in [0.15, 0.2) is 6.29 Å². The van der Waals surface area contributed by atoms with Crippen molar-refractivity contribution in [3.63, 3.8) is 0 Å². The molecule has 0 saturated heterocycles. The Morgan fingerprint density at radius 3 is 1.88 bits per heavy atom. The molecule has 0 N–H and O–H groups in total. The number of ether oxygens (including phenoxy) is 2. The van der Waals surface area contributed by atoms with E-state index in [1.807, 2.05) is 13.8 Å². The van der Waals surface area contributed by atoms with Crippen LogP contribution in [0.3, 0.4) is 0 Å². The third-order valence-corrected chi connectivity index (χ3v) is 3.01. The molecule has 0 aromatic heterocycles. The summed E-state index contributed by atoms with van der Waals surface area (Å²) in [6, 6.07) is 0. The lowest BCUT2D eigenvalue weighted by molar-refractivity contribution is -0.140. The zero-order valence-corrected chi connectivity index (χ0v) is 12.2. The van der Waals surface area contributed by atoms with Gasteiger partial charge >= 0.3 is 0 Å². The molecule has 0 saturated carbocycles. The van der Waals surface area contributed by atoms with Crippen LogP contribution in [0.2, 0.25) is 0 Å². The molecule has 0 atom stereocenters. The van der Waals surface area contributed by atoms with Gasteiger partial charge in [-0.1, -0.05) is 20.3 Å². The summed E-state index contributed by atoms with van der Waals surface area (Å²) in [7, 11) is 0. The standard InChI is InChI=1S/C14H31NO2/c1-5-15(6-2)13-11-9-10-12-14(16-7-3)17-8-4/h14H,5-13H2,1-4H3. The second-order valence-corrected chi connectivity index (χ2v) is 4.22. The van der Waals surface area contributed by atoms with E-state index in [2.05, 4.69) is 18.7 Å². The van der Waals surface area contributed by atoms with E-state index in [0.717, 1.165) is 32.7 Å². The highest BCUT2D eigenvalue weighted by Crippen LogP contribution is 2.09. The molecule has 0 radical (unpaired) electrons. The Hall–Kier alpha value is -0.120. The van der Waals surface area contributed by atoms with Gasteiger partial charge < -0.3 is 14.4 Å². The zero-order valence-electron chi connectivity index (χ0n) is 12.2. The van der Waals surface area contributed by atoms with Gasteiger partial charge in [-0.05, 0) is 52.7 Å². The molecule has 0 aliphatic rings. The largest absolute Gasteiger partial charge is 0.353 e. The van der Waals surface area contributed by atoms with Crippen molar-refractivity contribution in [2.45, 2.75) is 59.7 Å². The van der Waals surface area contributed by atoms with Crippen LogP contribution in [0.25, 0.3) is 0 Å². The van der Waals surface area contributed by atoms with Crippen molar-refractivity contribution in [2.24, 2.45) is 0 Å². The first-order valence-electron chi connectivity index (χ1n) is 7.23. The van der Waals surface area contributed by atoms with Gasteiger partial charge in [0.1, 0.15) is 0 Å². The third-order valence-electron chi connectivity index (χ3n) is 3.01. The van der Waals surface area contributed by atoms with Gasteiger partial charge in [-0.3, -0.25) is 0 Å². The first kappa shape index (κ1) is 16.9. The molecular formula is C14H31NO2. The Bertz CT molecular complexity index is 143. The van der Waals surface area contributed by atoms with E-state index < -0.39 is 0 Å². The number of hydrogen-bond acceptors (Lipinski definition) is 3. The second kappa shape index (κ2) is 12.3. The molecular weight excluding hydrogens is 214 g/mol. The molecule has 0 spiro atoms. The van der Waals surface area contributed by atoms with E-state index in [-0.39, 0.29) is 6.29 Å². The van der Waals surface area contributed by atoms with Gasteiger partial charge in [-0.15, -0.1) is 0 Å². The van der Waals surface area contributed by atoms with Crippen LogP contribution in [-0.4, -0.2) is 44.0 Å². The molecule has 0 aromatic carbocycles. The van der Waals surface area contributed by atoms with Crippen molar-refractivity contribution in [2.75, 3.05) is 32.8 Å². The van der Waals surface area contributed by atoms with Gasteiger partial charge in [-0.25, -0.2) is 0 Å². The maximum atomic E-state index is 5.52. The van der Waals surface area contributed by atoms with Gasteiger partial charge in [0, 0.05) is 13.2 Å². The molecule has 0 fully saturated rings. The van der Waals surface area contributed by atoms with Crippen molar-refractivity contribution in [3.8, 4) is 0 Å². The van der Waals surface area contributed by atoms with Gasteiger partial charge in [0.2, 0.25) is 0 Å². The second-order valence-electron chi connectivity index (χ2n) is 4.22. The Morgan fingerprint density at radius 1 is 0.824 bits per heavy atom. The molecule has 0 rings (SSSR count). The normalized spacial score (nSPS) is 11.6. The first-order chi connectivity index (χ1) is 8.28. The molecule has 3 heteroatoms. The Morgan fingerprint density at radius 2 is 1.41 bits per heavy atom. The van der Waals surface area contributed by atoms with Crippen LogP contribution >= 0.6 is 0 Å². The number of nitrogens with zero attached hydrogens (tertiary/aromatic N) is 1. The van der Waals surface area contributed by atoms with Crippen LogP contribution in [0.5, 0.6) is 0 Å². The highest BCUT2D eigenvalue weighted by Gasteiger charge is 2.07. The summed E-state index contributed by atoms with van der Waals surface area (Å²) in [6.45, 7) is 13.5. The lowest BCUT2D eigenvalue weighted by atomic mass is 10.2. The SMILES string of the molecule is CCOC(CCCCCN(CC)CC)OCC. The minimum Gasteiger partial charge on any atom is -0.353 e. The van der Waals surface area contributed by atoms with Gasteiger partial charge in [0.25, 0.3) is 0 Å². The smallest absolute Gasteiger partial charge is 0.157 e. The lowest BCUT2D eigenvalue weighted by Gasteiger charge is -2.19. The molecule has 0 unspecified atom stereocenters. The summed E-state index contributed by atoms with van der Waals surface area (Å²) >= 11 is 0. The summed E-state index contributed by atoms with van der Waals surface area (Å²) in [4.78, 5) is 2.47. The molecule has 104 valence electrons. The molecule has 0 aliphatic carbocycles. The Balaban J connectivity index is 3.46. The van der Waals surface area contributed by atoms with Crippen LogP contribution in [0.1, 0.15) is 53.4 Å². The summed E-state index contributed by atoms with van der Waals surface area (Å²) in [6.07, 6.45) is 4.80. The predicted octanol–water partition coefficient (Wildman–Crippen LogP) is 3.29. The fourth-order valence-corrected chi connectivity index (χ4v) is 1.95. The Kier molecular flexibility index (Phi) is 12.3. The number of hydrogen-bond donors (Lipinski definition) is 0. The fraction of sp³-hybridized carbons (Fsp3) is 1.00. The zero-order chi connectivity index (χ0) is 12.9. The van der Waals surface area contributed by atoms with Crippen LogP contribution in [-0.2, 0) is 9.47 Å². The highest BCUT2D eigenvalue weighted by molar-refractivity contribution is 4.54. The average molecular weight is 245 g/mol. The van der Waals surface area contributed by atoms with E-state index in [4.69, 9.17) is 9.47 Å². The van der Waals surface area contributed by atoms with E-state index in [1.165, 1.54) is 25.8 Å². The number of unbranched alkanes of at least 4 members (excludes halogenated alkanes) is 2. The highest BCUT2D eigenvalue weighted by atomic mass is 16.7. The van der Waals surface area contributed by atoms with Gasteiger partial charge in [-0.2, -0.15) is 0 Å². The maximum Gasteiger partial charge on any atom is 0.157 e. The third kappa shape index (κ3) is 9.57. The monoisotopic (exact) mass is 245 g/mol. The van der Waals surface area contributed by atoms with E-state index in [9.17, 15) is 0 Å². The van der Waals surface area contributed by atoms with E-state index in [0.29, 0.717) is 0 Å². The molecule has 0 bridgehead atoms. The topological polar surface area (TPSA) is 21.7 Å². The first-order valence-corrected chi connectivity index (χ1v) is 7.23. The predicted molar refractivity (Wildman–Crippen MR) is 73.3 cm³/mol. The molecule has 17 heavy (non-hydrogen) atoms. The summed E-state index contributed by atoms with van der Waals surface area (Å²) in [5, 5.41) is 0. The Labute approximate surface area is 107 Å². The van der Waals surface area contributed by atoms with Crippen molar-refractivity contribution in [3.05, 3.63) is 0 Å².